The van der Waals surface area contributed by atoms with Crippen molar-refractivity contribution < 1.29 is 23.9 Å². The lowest BCUT2D eigenvalue weighted by molar-refractivity contribution is -0.116. The largest absolute Gasteiger partial charge is 0.495 e. The second-order valence-electron chi connectivity index (χ2n) is 8.94. The molecule has 41 heavy (non-hydrogen) atoms. The van der Waals surface area contributed by atoms with Crippen molar-refractivity contribution in [3.8, 4) is 11.5 Å². The van der Waals surface area contributed by atoms with Crippen LogP contribution in [0.25, 0.3) is 6.08 Å². The standard InChI is InChI=1S/C32H26N4O5/c1-40-27-15-9-8-14-25(27)34-32(39)24-18-20-10-6-7-13-23(20)29(30(24)37)36-35-26-19-21(16-17-28(26)41-2)31(38)33-22-11-4-3-5-12-22/h3-19,35H,1-2H3,(H,33,38)(H,34,39). The van der Waals surface area contributed by atoms with E-state index >= 15 is 0 Å². The molecule has 0 bridgehead atoms. The van der Waals surface area contributed by atoms with Crippen LogP contribution in [0.2, 0.25) is 0 Å². The summed E-state index contributed by atoms with van der Waals surface area (Å²) in [4.78, 5) is 39.7. The number of fused-ring (bicyclic) bond motifs is 1. The third-order valence-corrected chi connectivity index (χ3v) is 6.36. The Bertz CT molecular complexity index is 1700. The summed E-state index contributed by atoms with van der Waals surface area (Å²) in [6, 6.07) is 28.0. The number of carbonyl (C=O) groups excluding carboxylic acids is 3. The van der Waals surface area contributed by atoms with E-state index in [9.17, 15) is 14.4 Å². The Morgan fingerprint density at radius 1 is 0.707 bits per heavy atom. The number of hydrogen-bond acceptors (Lipinski definition) is 7. The quantitative estimate of drug-likeness (QED) is 0.202. The molecular formula is C32H26N4O5. The van der Waals surface area contributed by atoms with Crippen molar-refractivity contribution in [2.45, 2.75) is 0 Å². The highest BCUT2D eigenvalue weighted by atomic mass is 16.5. The highest BCUT2D eigenvalue weighted by Crippen LogP contribution is 2.29. The summed E-state index contributed by atoms with van der Waals surface area (Å²) in [7, 11) is 2.98. The number of methoxy groups -OCH3 is 2. The number of nitrogens with one attached hydrogen (secondary N) is 3. The van der Waals surface area contributed by atoms with Crippen LogP contribution in [0.5, 0.6) is 11.5 Å². The first-order valence-corrected chi connectivity index (χ1v) is 12.7. The summed E-state index contributed by atoms with van der Waals surface area (Å²) in [5.74, 6) is -0.623. The molecule has 0 spiro atoms. The molecule has 0 aliphatic heterocycles. The molecule has 9 heteroatoms. The summed E-state index contributed by atoms with van der Waals surface area (Å²) in [6.07, 6.45) is 1.54. The first-order valence-electron chi connectivity index (χ1n) is 12.7. The van der Waals surface area contributed by atoms with Gasteiger partial charge in [-0.2, -0.15) is 5.10 Å². The number of hydrazone groups is 1. The van der Waals surface area contributed by atoms with Crippen LogP contribution in [0.4, 0.5) is 17.1 Å². The second kappa shape index (κ2) is 12.0. The zero-order chi connectivity index (χ0) is 28.8. The van der Waals surface area contributed by atoms with Gasteiger partial charge in [-0.1, -0.05) is 54.6 Å². The molecule has 4 aromatic rings. The lowest BCUT2D eigenvalue weighted by atomic mass is 9.89. The van der Waals surface area contributed by atoms with Gasteiger partial charge in [0.25, 0.3) is 11.8 Å². The molecule has 0 aromatic heterocycles. The van der Waals surface area contributed by atoms with Crippen LogP contribution in [0.1, 0.15) is 21.5 Å². The van der Waals surface area contributed by atoms with Crippen LogP contribution in [0, 0.1) is 0 Å². The number of anilines is 3. The van der Waals surface area contributed by atoms with E-state index in [2.05, 4.69) is 21.2 Å². The number of para-hydroxylation sites is 3. The monoisotopic (exact) mass is 546 g/mol. The number of Topliss-reactive ketones (excluding diaryl/α,β-unsaturated/α-hetero) is 1. The summed E-state index contributed by atoms with van der Waals surface area (Å²) < 4.78 is 10.8. The van der Waals surface area contributed by atoms with E-state index in [4.69, 9.17) is 9.47 Å². The topological polar surface area (TPSA) is 118 Å². The Balaban J connectivity index is 1.44. The van der Waals surface area contributed by atoms with E-state index in [0.717, 1.165) is 0 Å². The summed E-state index contributed by atoms with van der Waals surface area (Å²) >= 11 is 0. The number of carbonyl (C=O) groups is 3. The van der Waals surface area contributed by atoms with Gasteiger partial charge in [0.15, 0.2) is 0 Å². The molecule has 9 nitrogen and oxygen atoms in total. The highest BCUT2D eigenvalue weighted by Gasteiger charge is 2.30. The number of hydrogen-bond donors (Lipinski definition) is 3. The number of rotatable bonds is 8. The van der Waals surface area contributed by atoms with E-state index < -0.39 is 11.7 Å². The van der Waals surface area contributed by atoms with Crippen molar-refractivity contribution in [2.75, 3.05) is 30.3 Å². The SMILES string of the molecule is COc1ccc(C(=O)Nc2ccccc2)cc1NN=C1C(=O)C(C(=O)Nc2ccccc2OC)=Cc2ccccc21. The average Bonchev–Trinajstić information content (AvgIpc) is 3.01. The summed E-state index contributed by atoms with van der Waals surface area (Å²) in [6.45, 7) is 0. The molecule has 0 heterocycles. The van der Waals surface area contributed by atoms with Gasteiger partial charge in [0.1, 0.15) is 17.2 Å². The molecule has 0 fully saturated rings. The first kappa shape index (κ1) is 26.9. The van der Waals surface area contributed by atoms with Crippen molar-refractivity contribution in [1.29, 1.82) is 0 Å². The molecule has 0 radical (unpaired) electrons. The Morgan fingerprint density at radius 2 is 1.39 bits per heavy atom. The van der Waals surface area contributed by atoms with Gasteiger partial charge < -0.3 is 20.1 Å². The van der Waals surface area contributed by atoms with E-state index in [0.29, 0.717) is 45.3 Å². The van der Waals surface area contributed by atoms with E-state index in [-0.39, 0.29) is 17.2 Å². The minimum Gasteiger partial charge on any atom is -0.495 e. The fourth-order valence-corrected chi connectivity index (χ4v) is 4.30. The van der Waals surface area contributed by atoms with Gasteiger partial charge in [-0.3, -0.25) is 19.8 Å². The Labute approximate surface area is 236 Å². The molecule has 4 aromatic carbocycles. The molecule has 5 rings (SSSR count). The number of benzene rings is 4. The van der Waals surface area contributed by atoms with E-state index in [1.165, 1.54) is 20.3 Å². The van der Waals surface area contributed by atoms with Crippen molar-refractivity contribution in [2.24, 2.45) is 5.10 Å². The lowest BCUT2D eigenvalue weighted by Crippen LogP contribution is -2.30. The molecule has 204 valence electrons. The molecule has 3 N–H and O–H groups in total. The molecule has 1 aliphatic carbocycles. The molecular weight excluding hydrogens is 520 g/mol. The third kappa shape index (κ3) is 5.84. The van der Waals surface area contributed by atoms with Crippen LogP contribution < -0.4 is 25.5 Å². The lowest BCUT2D eigenvalue weighted by Gasteiger charge is -2.18. The normalized spacial score (nSPS) is 13.1. The van der Waals surface area contributed by atoms with Crippen LogP contribution in [0.15, 0.2) is 108 Å². The van der Waals surface area contributed by atoms with Crippen molar-refractivity contribution >= 4 is 46.4 Å². The molecule has 1 aliphatic rings. The summed E-state index contributed by atoms with van der Waals surface area (Å²) in [5.41, 5.74) is 5.83. The van der Waals surface area contributed by atoms with Gasteiger partial charge in [0.2, 0.25) is 5.78 Å². The number of ether oxygens (including phenoxy) is 2. The maximum atomic E-state index is 13.6. The van der Waals surface area contributed by atoms with Gasteiger partial charge >= 0.3 is 0 Å². The van der Waals surface area contributed by atoms with Crippen LogP contribution in [0.3, 0.4) is 0 Å². The minimum absolute atomic E-state index is 0.0365. The fourth-order valence-electron chi connectivity index (χ4n) is 4.30. The Kier molecular flexibility index (Phi) is 7.87. The van der Waals surface area contributed by atoms with E-state index in [1.807, 2.05) is 24.3 Å². The average molecular weight is 547 g/mol. The van der Waals surface area contributed by atoms with E-state index in [1.54, 1.807) is 72.8 Å². The number of nitrogens with zero attached hydrogens (tertiary/aromatic N) is 1. The molecule has 0 unspecified atom stereocenters. The number of amides is 2. The fraction of sp³-hybridized carbons (Fsp3) is 0.0625. The van der Waals surface area contributed by atoms with Gasteiger partial charge in [-0.05, 0) is 54.1 Å². The minimum atomic E-state index is -0.598. The molecule has 0 saturated heterocycles. The zero-order valence-electron chi connectivity index (χ0n) is 22.3. The predicted molar refractivity (Wildman–Crippen MR) is 159 cm³/mol. The number of ketones is 1. The molecule has 0 saturated carbocycles. The Hall–Kier alpha value is -5.70. The van der Waals surface area contributed by atoms with Crippen LogP contribution in [-0.4, -0.2) is 37.5 Å². The maximum Gasteiger partial charge on any atom is 0.259 e. The van der Waals surface area contributed by atoms with Gasteiger partial charge in [-0.15, -0.1) is 0 Å². The predicted octanol–water partition coefficient (Wildman–Crippen LogP) is 5.38. The second-order valence-corrected chi connectivity index (χ2v) is 8.94. The van der Waals surface area contributed by atoms with Crippen LogP contribution >= 0.6 is 0 Å². The maximum absolute atomic E-state index is 13.6. The zero-order valence-corrected chi connectivity index (χ0v) is 22.3. The third-order valence-electron chi connectivity index (χ3n) is 6.36. The first-order chi connectivity index (χ1) is 20.0. The van der Waals surface area contributed by atoms with Gasteiger partial charge in [0.05, 0.1) is 31.2 Å². The van der Waals surface area contributed by atoms with Crippen molar-refractivity contribution in [1.82, 2.24) is 0 Å². The Morgan fingerprint density at radius 3 is 2.17 bits per heavy atom. The highest BCUT2D eigenvalue weighted by molar-refractivity contribution is 6.59. The van der Waals surface area contributed by atoms with Crippen molar-refractivity contribution in [3.05, 3.63) is 119 Å². The van der Waals surface area contributed by atoms with Crippen molar-refractivity contribution in [3.63, 3.8) is 0 Å². The molecule has 0 atom stereocenters. The smallest absolute Gasteiger partial charge is 0.259 e. The molecule has 2 amide bonds. The van der Waals surface area contributed by atoms with Gasteiger partial charge in [-0.25, -0.2) is 0 Å². The van der Waals surface area contributed by atoms with Gasteiger partial charge in [0, 0.05) is 16.8 Å². The van der Waals surface area contributed by atoms with Crippen LogP contribution in [-0.2, 0) is 9.59 Å². The summed E-state index contributed by atoms with van der Waals surface area (Å²) in [5, 5.41) is 9.99.